The Morgan fingerprint density at radius 1 is 1.31 bits per heavy atom. The van der Waals surface area contributed by atoms with Gasteiger partial charge in [0.25, 0.3) is 0 Å². The quantitative estimate of drug-likeness (QED) is 0.779. The highest BCUT2D eigenvalue weighted by Gasteiger charge is 2.21. The number of rotatable bonds is 2. The third-order valence-corrected chi connectivity index (χ3v) is 3.77. The molecular formula is C12H18IN3. The molecule has 1 saturated heterocycles. The molecule has 16 heavy (non-hydrogen) atoms. The molecule has 1 aliphatic heterocycles. The first-order valence-corrected chi connectivity index (χ1v) is 7.13. The van der Waals surface area contributed by atoms with Gasteiger partial charge in [-0.15, -0.1) is 0 Å². The van der Waals surface area contributed by atoms with Crippen molar-refractivity contribution in [1.82, 2.24) is 9.97 Å². The van der Waals surface area contributed by atoms with Crippen LogP contribution in [-0.2, 0) is 0 Å². The van der Waals surface area contributed by atoms with Crippen LogP contribution in [0.4, 0.5) is 5.95 Å². The Kier molecular flexibility index (Phi) is 4.37. The Labute approximate surface area is 111 Å². The van der Waals surface area contributed by atoms with Crippen LogP contribution in [0.1, 0.15) is 39.0 Å². The first-order valence-electron chi connectivity index (χ1n) is 6.05. The second-order valence-corrected chi connectivity index (χ2v) is 5.55. The smallest absolute Gasteiger partial charge is 0.225 e. The lowest BCUT2D eigenvalue weighted by atomic mass is 10.1. The van der Waals surface area contributed by atoms with Gasteiger partial charge in [0.15, 0.2) is 0 Å². The number of aromatic nitrogens is 2. The van der Waals surface area contributed by atoms with E-state index in [0.717, 1.165) is 16.1 Å². The summed E-state index contributed by atoms with van der Waals surface area (Å²) in [6.45, 7) is 3.37. The van der Waals surface area contributed by atoms with Crippen molar-refractivity contribution >= 4 is 28.5 Å². The lowest BCUT2D eigenvalue weighted by molar-refractivity contribution is 0.547. The largest absolute Gasteiger partial charge is 0.338 e. The van der Waals surface area contributed by atoms with Crippen LogP contribution in [0.3, 0.4) is 0 Å². The van der Waals surface area contributed by atoms with E-state index in [1.165, 1.54) is 32.1 Å². The maximum Gasteiger partial charge on any atom is 0.225 e. The van der Waals surface area contributed by atoms with Gasteiger partial charge in [-0.05, 0) is 41.9 Å². The van der Waals surface area contributed by atoms with E-state index in [2.05, 4.69) is 44.4 Å². The van der Waals surface area contributed by atoms with E-state index in [4.69, 9.17) is 0 Å². The fourth-order valence-corrected chi connectivity index (χ4v) is 2.60. The number of anilines is 1. The van der Waals surface area contributed by atoms with Crippen molar-refractivity contribution in [3.05, 3.63) is 16.0 Å². The minimum atomic E-state index is 0.627. The molecule has 0 radical (unpaired) electrons. The number of nitrogens with zero attached hydrogens (tertiary/aromatic N) is 3. The van der Waals surface area contributed by atoms with E-state index < -0.39 is 0 Å². The molecule has 1 aromatic heterocycles. The van der Waals surface area contributed by atoms with Crippen molar-refractivity contribution in [2.75, 3.05) is 11.4 Å². The number of hydrogen-bond donors (Lipinski definition) is 0. The van der Waals surface area contributed by atoms with E-state index in [0.29, 0.717) is 6.04 Å². The second-order valence-electron chi connectivity index (χ2n) is 4.31. The van der Waals surface area contributed by atoms with Crippen LogP contribution < -0.4 is 4.90 Å². The third kappa shape index (κ3) is 2.84. The molecular weight excluding hydrogens is 313 g/mol. The van der Waals surface area contributed by atoms with Gasteiger partial charge in [0.05, 0.1) is 0 Å². The molecule has 2 rings (SSSR count). The second kappa shape index (κ2) is 5.80. The van der Waals surface area contributed by atoms with E-state index >= 15 is 0 Å². The van der Waals surface area contributed by atoms with Gasteiger partial charge in [0.1, 0.15) is 0 Å². The van der Waals surface area contributed by atoms with Gasteiger partial charge >= 0.3 is 0 Å². The molecule has 1 aliphatic rings. The SMILES string of the molecule is CCC1CCCCCN1c1ncc(I)cn1. The van der Waals surface area contributed by atoms with Crippen molar-refractivity contribution in [1.29, 1.82) is 0 Å². The monoisotopic (exact) mass is 331 g/mol. The average Bonchev–Trinajstić information content (AvgIpc) is 2.55. The zero-order chi connectivity index (χ0) is 11.4. The molecule has 4 heteroatoms. The van der Waals surface area contributed by atoms with Crippen molar-refractivity contribution in [2.45, 2.75) is 45.1 Å². The van der Waals surface area contributed by atoms with Crippen molar-refractivity contribution in [3.8, 4) is 0 Å². The minimum Gasteiger partial charge on any atom is -0.338 e. The fourth-order valence-electron chi connectivity index (χ4n) is 2.32. The number of hydrogen-bond acceptors (Lipinski definition) is 3. The van der Waals surface area contributed by atoms with Gasteiger partial charge < -0.3 is 4.90 Å². The van der Waals surface area contributed by atoms with Gasteiger partial charge in [-0.2, -0.15) is 0 Å². The highest BCUT2D eigenvalue weighted by molar-refractivity contribution is 14.1. The topological polar surface area (TPSA) is 29.0 Å². The molecule has 1 fully saturated rings. The highest BCUT2D eigenvalue weighted by atomic mass is 127. The standard InChI is InChI=1S/C12H18IN3/c1-2-11-6-4-3-5-7-16(11)12-14-8-10(13)9-15-12/h8-9,11H,2-7H2,1H3. The molecule has 0 aliphatic carbocycles. The molecule has 1 unspecified atom stereocenters. The van der Waals surface area contributed by atoms with Gasteiger partial charge in [-0.1, -0.05) is 19.8 Å². The van der Waals surface area contributed by atoms with E-state index in [9.17, 15) is 0 Å². The Hall–Kier alpha value is -0.390. The lowest BCUT2D eigenvalue weighted by Gasteiger charge is -2.29. The first-order chi connectivity index (χ1) is 7.81. The molecule has 0 saturated carbocycles. The van der Waals surface area contributed by atoms with Crippen molar-refractivity contribution in [2.24, 2.45) is 0 Å². The summed E-state index contributed by atoms with van der Waals surface area (Å²) in [5, 5.41) is 0. The Morgan fingerprint density at radius 3 is 2.75 bits per heavy atom. The predicted octanol–water partition coefficient (Wildman–Crippen LogP) is 3.24. The van der Waals surface area contributed by atoms with Crippen LogP contribution in [-0.4, -0.2) is 22.6 Å². The molecule has 0 bridgehead atoms. The molecule has 3 nitrogen and oxygen atoms in total. The van der Waals surface area contributed by atoms with Crippen LogP contribution in [0.25, 0.3) is 0 Å². The van der Waals surface area contributed by atoms with Gasteiger partial charge in [0, 0.05) is 28.6 Å². The zero-order valence-corrected chi connectivity index (χ0v) is 11.9. The van der Waals surface area contributed by atoms with Crippen LogP contribution in [0.2, 0.25) is 0 Å². The maximum atomic E-state index is 4.45. The molecule has 0 aromatic carbocycles. The van der Waals surface area contributed by atoms with Crippen LogP contribution in [0.5, 0.6) is 0 Å². The minimum absolute atomic E-state index is 0.627. The summed E-state index contributed by atoms with van der Waals surface area (Å²) in [5.74, 6) is 0.911. The Morgan fingerprint density at radius 2 is 2.06 bits per heavy atom. The van der Waals surface area contributed by atoms with Gasteiger partial charge in [-0.25, -0.2) is 9.97 Å². The summed E-state index contributed by atoms with van der Waals surface area (Å²) >= 11 is 2.25. The van der Waals surface area contributed by atoms with E-state index in [1.807, 2.05) is 12.4 Å². The molecule has 0 amide bonds. The van der Waals surface area contributed by atoms with E-state index in [1.54, 1.807) is 0 Å². The summed E-state index contributed by atoms with van der Waals surface area (Å²) in [4.78, 5) is 11.3. The summed E-state index contributed by atoms with van der Waals surface area (Å²) in [7, 11) is 0. The third-order valence-electron chi connectivity index (χ3n) is 3.21. The summed E-state index contributed by atoms with van der Waals surface area (Å²) in [6, 6.07) is 0.627. The maximum absolute atomic E-state index is 4.45. The van der Waals surface area contributed by atoms with Gasteiger partial charge in [0.2, 0.25) is 5.95 Å². The average molecular weight is 331 g/mol. The lowest BCUT2D eigenvalue weighted by Crippen LogP contribution is -2.35. The first kappa shape index (κ1) is 12.1. The normalized spacial score (nSPS) is 21.9. The van der Waals surface area contributed by atoms with Crippen LogP contribution in [0, 0.1) is 3.57 Å². The zero-order valence-electron chi connectivity index (χ0n) is 9.69. The Balaban J connectivity index is 2.18. The fraction of sp³-hybridized carbons (Fsp3) is 0.667. The van der Waals surface area contributed by atoms with Crippen LogP contribution in [0.15, 0.2) is 12.4 Å². The van der Waals surface area contributed by atoms with Crippen molar-refractivity contribution in [3.63, 3.8) is 0 Å². The molecule has 2 heterocycles. The summed E-state index contributed by atoms with van der Waals surface area (Å²) in [6.07, 6.45) is 10.2. The predicted molar refractivity (Wildman–Crippen MR) is 74.6 cm³/mol. The Bertz CT molecular complexity index is 326. The van der Waals surface area contributed by atoms with Gasteiger partial charge in [-0.3, -0.25) is 0 Å². The molecule has 0 N–H and O–H groups in total. The van der Waals surface area contributed by atoms with Crippen LogP contribution >= 0.6 is 22.6 Å². The molecule has 1 aromatic rings. The number of halogens is 1. The molecule has 1 atom stereocenters. The molecule has 0 spiro atoms. The highest BCUT2D eigenvalue weighted by Crippen LogP contribution is 2.22. The van der Waals surface area contributed by atoms with E-state index in [-0.39, 0.29) is 0 Å². The van der Waals surface area contributed by atoms with Crippen molar-refractivity contribution < 1.29 is 0 Å². The molecule has 88 valence electrons. The summed E-state index contributed by atoms with van der Waals surface area (Å²) < 4.78 is 1.10. The summed E-state index contributed by atoms with van der Waals surface area (Å²) in [5.41, 5.74) is 0.